The number of carboxylic acid groups (broad SMARTS) is 1. The molecule has 2 aromatic rings. The van der Waals surface area contributed by atoms with Crippen LogP contribution in [-0.2, 0) is 0 Å². The SMILES string of the molecule is C/C(=N/Nc1ccc(Cl)c(C(=O)O)c1)c1ccccn1. The lowest BCUT2D eigenvalue weighted by atomic mass is 10.2. The Morgan fingerprint density at radius 3 is 2.80 bits per heavy atom. The summed E-state index contributed by atoms with van der Waals surface area (Å²) in [6.45, 7) is 1.81. The third kappa shape index (κ3) is 3.33. The zero-order valence-corrected chi connectivity index (χ0v) is 11.4. The van der Waals surface area contributed by atoms with Crippen LogP contribution in [0.3, 0.4) is 0 Å². The first-order valence-electron chi connectivity index (χ1n) is 5.82. The third-order valence-electron chi connectivity index (χ3n) is 2.59. The van der Waals surface area contributed by atoms with Gasteiger partial charge in [0.05, 0.1) is 27.7 Å². The lowest BCUT2D eigenvalue weighted by molar-refractivity contribution is 0.0697. The van der Waals surface area contributed by atoms with E-state index in [1.807, 2.05) is 25.1 Å². The fraction of sp³-hybridized carbons (Fsp3) is 0.0714. The molecule has 0 atom stereocenters. The Kier molecular flexibility index (Phi) is 4.32. The first-order chi connectivity index (χ1) is 9.58. The summed E-state index contributed by atoms with van der Waals surface area (Å²) in [5.74, 6) is -1.08. The minimum Gasteiger partial charge on any atom is -0.478 e. The molecular weight excluding hydrogens is 278 g/mol. The molecule has 0 aliphatic rings. The molecule has 2 N–H and O–H groups in total. The van der Waals surface area contributed by atoms with Crippen molar-refractivity contribution in [3.05, 3.63) is 58.9 Å². The Bertz CT molecular complexity index is 657. The fourth-order valence-corrected chi connectivity index (χ4v) is 1.74. The van der Waals surface area contributed by atoms with Gasteiger partial charge >= 0.3 is 5.97 Å². The topological polar surface area (TPSA) is 74.6 Å². The highest BCUT2D eigenvalue weighted by Gasteiger charge is 2.09. The zero-order chi connectivity index (χ0) is 14.5. The maximum atomic E-state index is 11.0. The largest absolute Gasteiger partial charge is 0.478 e. The third-order valence-corrected chi connectivity index (χ3v) is 2.91. The van der Waals surface area contributed by atoms with Gasteiger partial charge in [-0.1, -0.05) is 17.7 Å². The second-order valence-electron chi connectivity index (χ2n) is 4.02. The minimum absolute atomic E-state index is 0.0300. The van der Waals surface area contributed by atoms with E-state index in [1.54, 1.807) is 12.3 Å². The quantitative estimate of drug-likeness (QED) is 0.669. The van der Waals surface area contributed by atoms with Crippen LogP contribution in [0, 0.1) is 0 Å². The number of hydrazone groups is 1. The number of hydrogen-bond acceptors (Lipinski definition) is 4. The highest BCUT2D eigenvalue weighted by atomic mass is 35.5. The molecule has 102 valence electrons. The van der Waals surface area contributed by atoms with Crippen molar-refractivity contribution < 1.29 is 9.90 Å². The monoisotopic (exact) mass is 289 g/mol. The minimum atomic E-state index is -1.08. The van der Waals surface area contributed by atoms with Crippen LogP contribution in [0.1, 0.15) is 23.0 Å². The molecule has 1 heterocycles. The van der Waals surface area contributed by atoms with E-state index in [0.29, 0.717) is 11.4 Å². The van der Waals surface area contributed by atoms with Crippen molar-refractivity contribution in [1.29, 1.82) is 0 Å². The van der Waals surface area contributed by atoms with Crippen LogP contribution in [-0.4, -0.2) is 21.8 Å². The molecule has 6 heteroatoms. The molecule has 1 aromatic carbocycles. The van der Waals surface area contributed by atoms with Crippen molar-refractivity contribution >= 4 is 29.0 Å². The van der Waals surface area contributed by atoms with Gasteiger partial charge in [-0.15, -0.1) is 0 Å². The van der Waals surface area contributed by atoms with E-state index < -0.39 is 5.97 Å². The van der Waals surface area contributed by atoms with E-state index in [-0.39, 0.29) is 10.6 Å². The Hall–Kier alpha value is -2.40. The Morgan fingerprint density at radius 2 is 2.15 bits per heavy atom. The molecule has 1 aromatic heterocycles. The standard InChI is InChI=1S/C14H12ClN3O2/c1-9(13-4-2-3-7-16-13)17-18-10-5-6-12(15)11(8-10)14(19)20/h2-8,18H,1H3,(H,19,20)/b17-9-. The first kappa shape index (κ1) is 14.0. The highest BCUT2D eigenvalue weighted by Crippen LogP contribution is 2.20. The number of aromatic nitrogens is 1. The second kappa shape index (κ2) is 6.16. The second-order valence-corrected chi connectivity index (χ2v) is 4.43. The summed E-state index contributed by atoms with van der Waals surface area (Å²) < 4.78 is 0. The van der Waals surface area contributed by atoms with E-state index in [1.165, 1.54) is 12.1 Å². The average molecular weight is 290 g/mol. The number of carbonyl (C=O) groups is 1. The van der Waals surface area contributed by atoms with Crippen LogP contribution >= 0.6 is 11.6 Å². The van der Waals surface area contributed by atoms with Crippen LogP contribution in [0.5, 0.6) is 0 Å². The van der Waals surface area contributed by atoms with Crippen molar-refractivity contribution in [3.8, 4) is 0 Å². The predicted molar refractivity (Wildman–Crippen MR) is 78.5 cm³/mol. The molecular formula is C14H12ClN3O2. The van der Waals surface area contributed by atoms with E-state index in [2.05, 4.69) is 15.5 Å². The molecule has 2 rings (SSSR count). The number of halogens is 1. The Labute approximate surface area is 120 Å². The summed E-state index contributed by atoms with van der Waals surface area (Å²) in [6.07, 6.45) is 1.68. The Morgan fingerprint density at radius 1 is 1.35 bits per heavy atom. The molecule has 20 heavy (non-hydrogen) atoms. The molecule has 0 saturated carbocycles. The summed E-state index contributed by atoms with van der Waals surface area (Å²) >= 11 is 5.80. The van der Waals surface area contributed by atoms with Gasteiger partial charge in [-0.3, -0.25) is 10.4 Å². The van der Waals surface area contributed by atoms with Gasteiger partial charge in [-0.2, -0.15) is 5.10 Å². The lowest BCUT2D eigenvalue weighted by Crippen LogP contribution is -2.03. The van der Waals surface area contributed by atoms with Crippen molar-refractivity contribution in [2.75, 3.05) is 5.43 Å². The molecule has 0 amide bonds. The number of aromatic carboxylic acids is 1. The van der Waals surface area contributed by atoms with Gasteiger partial charge in [0, 0.05) is 6.20 Å². The molecule has 0 bridgehead atoms. The molecule has 0 spiro atoms. The van der Waals surface area contributed by atoms with Crippen LogP contribution in [0.4, 0.5) is 5.69 Å². The average Bonchev–Trinajstić information content (AvgIpc) is 2.46. The first-order valence-corrected chi connectivity index (χ1v) is 6.20. The molecule has 5 nitrogen and oxygen atoms in total. The van der Waals surface area contributed by atoms with Crippen molar-refractivity contribution in [3.63, 3.8) is 0 Å². The summed E-state index contributed by atoms with van der Waals surface area (Å²) in [6, 6.07) is 10.1. The highest BCUT2D eigenvalue weighted by molar-refractivity contribution is 6.33. The number of anilines is 1. The number of carboxylic acids is 1. The van der Waals surface area contributed by atoms with Gasteiger partial charge in [0.25, 0.3) is 0 Å². The van der Waals surface area contributed by atoms with Gasteiger partial charge in [-0.25, -0.2) is 4.79 Å². The molecule has 0 saturated heterocycles. The summed E-state index contributed by atoms with van der Waals surface area (Å²) in [5.41, 5.74) is 4.80. The predicted octanol–water partition coefficient (Wildman–Crippen LogP) is 3.27. The fourth-order valence-electron chi connectivity index (χ4n) is 1.54. The zero-order valence-electron chi connectivity index (χ0n) is 10.7. The van der Waals surface area contributed by atoms with Gasteiger partial charge in [0.15, 0.2) is 0 Å². The van der Waals surface area contributed by atoms with Crippen LogP contribution < -0.4 is 5.43 Å². The van der Waals surface area contributed by atoms with Gasteiger partial charge < -0.3 is 5.11 Å². The smallest absolute Gasteiger partial charge is 0.337 e. The summed E-state index contributed by atoms with van der Waals surface area (Å²) in [7, 11) is 0. The normalized spacial score (nSPS) is 11.2. The molecule has 0 aliphatic heterocycles. The number of nitrogens with zero attached hydrogens (tertiary/aromatic N) is 2. The number of pyridine rings is 1. The van der Waals surface area contributed by atoms with Crippen LogP contribution in [0.25, 0.3) is 0 Å². The number of rotatable bonds is 4. The maximum Gasteiger partial charge on any atom is 0.337 e. The van der Waals surface area contributed by atoms with Crippen molar-refractivity contribution in [2.45, 2.75) is 6.92 Å². The van der Waals surface area contributed by atoms with E-state index in [4.69, 9.17) is 16.7 Å². The van der Waals surface area contributed by atoms with Crippen molar-refractivity contribution in [1.82, 2.24) is 4.98 Å². The number of benzene rings is 1. The summed E-state index contributed by atoms with van der Waals surface area (Å²) in [5, 5.41) is 13.3. The van der Waals surface area contributed by atoms with Gasteiger partial charge in [0.1, 0.15) is 0 Å². The summed E-state index contributed by atoms with van der Waals surface area (Å²) in [4.78, 5) is 15.1. The van der Waals surface area contributed by atoms with E-state index >= 15 is 0 Å². The molecule has 0 radical (unpaired) electrons. The van der Waals surface area contributed by atoms with E-state index in [0.717, 1.165) is 5.69 Å². The number of nitrogens with one attached hydrogen (secondary N) is 1. The molecule has 0 unspecified atom stereocenters. The van der Waals surface area contributed by atoms with Gasteiger partial charge in [-0.05, 0) is 37.3 Å². The maximum absolute atomic E-state index is 11.0. The van der Waals surface area contributed by atoms with Gasteiger partial charge in [0.2, 0.25) is 0 Å². The lowest BCUT2D eigenvalue weighted by Gasteiger charge is -2.05. The van der Waals surface area contributed by atoms with E-state index in [9.17, 15) is 4.79 Å². The van der Waals surface area contributed by atoms with Crippen LogP contribution in [0.15, 0.2) is 47.7 Å². The molecule has 0 fully saturated rings. The Balaban J connectivity index is 2.19. The van der Waals surface area contributed by atoms with Crippen molar-refractivity contribution in [2.24, 2.45) is 5.10 Å². The number of hydrogen-bond donors (Lipinski definition) is 2. The van der Waals surface area contributed by atoms with Crippen LogP contribution in [0.2, 0.25) is 5.02 Å². The molecule has 0 aliphatic carbocycles.